The Bertz CT molecular complexity index is 173. The Kier molecular flexibility index (Phi) is 2.85. The number of ether oxygens (including phenoxy) is 1. The number of aliphatic hydroxyl groups excluding tert-OH is 3. The van der Waals surface area contributed by atoms with E-state index < -0.39 is 31.0 Å². The minimum absolute atomic E-state index is 0.150. The predicted octanol–water partition coefficient (Wildman–Crippen LogP) is -2.19. The number of amides is 1. The van der Waals surface area contributed by atoms with Gasteiger partial charge in [0.2, 0.25) is 0 Å². The van der Waals surface area contributed by atoms with E-state index in [1.165, 1.54) is 0 Å². The van der Waals surface area contributed by atoms with Gasteiger partial charge in [-0.05, 0) is 0 Å². The molecule has 1 heterocycles. The Morgan fingerprint density at radius 1 is 1.67 bits per heavy atom. The molecule has 0 bridgehead atoms. The molecule has 0 aromatic rings. The molecule has 0 radical (unpaired) electrons. The van der Waals surface area contributed by atoms with Crippen LogP contribution in [0.2, 0.25) is 0 Å². The van der Waals surface area contributed by atoms with Crippen molar-refractivity contribution in [3.63, 3.8) is 0 Å². The van der Waals surface area contributed by atoms with E-state index in [9.17, 15) is 9.90 Å². The van der Waals surface area contributed by atoms with Gasteiger partial charge in [-0.15, -0.1) is 0 Å². The van der Waals surface area contributed by atoms with Gasteiger partial charge in [0, 0.05) is 0 Å². The third-order valence-electron chi connectivity index (χ3n) is 1.67. The molecule has 1 fully saturated rings. The number of cyclic esters (lactones) is 1. The van der Waals surface area contributed by atoms with E-state index >= 15 is 0 Å². The molecule has 3 atom stereocenters. The molecule has 1 saturated heterocycles. The Balaban J connectivity index is 2.42. The maximum absolute atomic E-state index is 10.5. The standard InChI is InChI=1S/C6H11NO5/c8-2-3(9)5(10)4-1-7-6(11)12-4/h3-5,8-10H,1-2H2,(H,7,11)/t3?,4-,5?/m0/s1. The van der Waals surface area contributed by atoms with Crippen molar-refractivity contribution in [2.75, 3.05) is 13.2 Å². The fourth-order valence-electron chi connectivity index (χ4n) is 0.951. The molecule has 12 heavy (non-hydrogen) atoms. The monoisotopic (exact) mass is 177 g/mol. The van der Waals surface area contributed by atoms with Gasteiger partial charge in [-0.25, -0.2) is 4.79 Å². The zero-order valence-corrected chi connectivity index (χ0v) is 6.30. The van der Waals surface area contributed by atoms with Crippen molar-refractivity contribution in [3.05, 3.63) is 0 Å². The quantitative estimate of drug-likeness (QED) is 0.392. The SMILES string of the molecule is O=C1NC[C@@H](C(O)C(O)CO)O1. The van der Waals surface area contributed by atoms with Crippen molar-refractivity contribution >= 4 is 6.09 Å². The highest BCUT2D eigenvalue weighted by Gasteiger charge is 2.33. The highest BCUT2D eigenvalue weighted by atomic mass is 16.6. The van der Waals surface area contributed by atoms with E-state index in [2.05, 4.69) is 10.1 Å². The topological polar surface area (TPSA) is 99.0 Å². The van der Waals surface area contributed by atoms with Gasteiger partial charge >= 0.3 is 6.09 Å². The molecule has 0 aromatic carbocycles. The summed E-state index contributed by atoms with van der Waals surface area (Å²) in [5.41, 5.74) is 0. The molecule has 2 unspecified atom stereocenters. The summed E-state index contributed by atoms with van der Waals surface area (Å²) in [4.78, 5) is 10.5. The van der Waals surface area contributed by atoms with E-state index in [4.69, 9.17) is 10.2 Å². The molecular weight excluding hydrogens is 166 g/mol. The van der Waals surface area contributed by atoms with Gasteiger partial charge in [-0.2, -0.15) is 0 Å². The van der Waals surface area contributed by atoms with Crippen LogP contribution >= 0.6 is 0 Å². The summed E-state index contributed by atoms with van der Waals surface area (Å²) in [5.74, 6) is 0. The number of rotatable bonds is 3. The van der Waals surface area contributed by atoms with Crippen molar-refractivity contribution in [1.82, 2.24) is 5.32 Å². The van der Waals surface area contributed by atoms with E-state index in [1.54, 1.807) is 0 Å². The Hall–Kier alpha value is -0.850. The lowest BCUT2D eigenvalue weighted by Gasteiger charge is -2.19. The summed E-state index contributed by atoms with van der Waals surface area (Å²) in [6.07, 6.45) is -3.92. The minimum atomic E-state index is -1.28. The number of aliphatic hydroxyl groups is 3. The van der Waals surface area contributed by atoms with E-state index in [0.717, 1.165) is 0 Å². The fourth-order valence-corrected chi connectivity index (χ4v) is 0.951. The van der Waals surface area contributed by atoms with Gasteiger partial charge in [-0.3, -0.25) is 0 Å². The minimum Gasteiger partial charge on any atom is -0.441 e. The van der Waals surface area contributed by atoms with Crippen LogP contribution in [-0.4, -0.2) is 52.9 Å². The first-order chi connectivity index (χ1) is 5.65. The van der Waals surface area contributed by atoms with Crippen molar-refractivity contribution in [2.24, 2.45) is 0 Å². The predicted molar refractivity (Wildman–Crippen MR) is 37.4 cm³/mol. The molecule has 4 N–H and O–H groups in total. The lowest BCUT2D eigenvalue weighted by molar-refractivity contribution is -0.0658. The normalized spacial score (nSPS) is 27.6. The van der Waals surface area contributed by atoms with E-state index in [1.807, 2.05) is 0 Å². The van der Waals surface area contributed by atoms with Gasteiger partial charge in [0.1, 0.15) is 18.3 Å². The summed E-state index contributed by atoms with van der Waals surface area (Å²) in [5, 5.41) is 28.9. The van der Waals surface area contributed by atoms with Gasteiger partial charge in [0.05, 0.1) is 13.2 Å². The summed E-state index contributed by atoms with van der Waals surface area (Å²) in [7, 11) is 0. The second kappa shape index (κ2) is 3.70. The molecule has 0 saturated carbocycles. The lowest BCUT2D eigenvalue weighted by Crippen LogP contribution is -2.41. The molecule has 1 amide bonds. The van der Waals surface area contributed by atoms with E-state index in [0.29, 0.717) is 0 Å². The lowest BCUT2D eigenvalue weighted by atomic mass is 10.1. The first kappa shape index (κ1) is 9.24. The Morgan fingerprint density at radius 3 is 2.75 bits per heavy atom. The number of hydrogen-bond donors (Lipinski definition) is 4. The van der Waals surface area contributed by atoms with Crippen LogP contribution < -0.4 is 5.32 Å². The van der Waals surface area contributed by atoms with Crippen molar-refractivity contribution in [3.8, 4) is 0 Å². The summed E-state index contributed by atoms with van der Waals surface area (Å²) in [6, 6.07) is 0. The molecule has 1 rings (SSSR count). The number of alkyl carbamates (subject to hydrolysis) is 1. The number of carbonyl (C=O) groups excluding carboxylic acids is 1. The summed E-state index contributed by atoms with van der Waals surface area (Å²) in [6.45, 7) is -0.410. The van der Waals surface area contributed by atoms with Crippen LogP contribution in [-0.2, 0) is 4.74 Å². The molecule has 0 aliphatic carbocycles. The number of nitrogens with one attached hydrogen (secondary N) is 1. The second-order valence-corrected chi connectivity index (χ2v) is 2.57. The zero-order chi connectivity index (χ0) is 9.14. The first-order valence-corrected chi connectivity index (χ1v) is 3.56. The summed E-state index contributed by atoms with van der Waals surface area (Å²) < 4.78 is 4.57. The molecule has 1 aliphatic rings. The molecule has 6 nitrogen and oxygen atoms in total. The highest BCUT2D eigenvalue weighted by Crippen LogP contribution is 2.08. The Labute approximate surface area is 68.8 Å². The van der Waals surface area contributed by atoms with Crippen LogP contribution in [0.15, 0.2) is 0 Å². The molecule has 70 valence electrons. The molecule has 0 spiro atoms. The van der Waals surface area contributed by atoms with Crippen molar-refractivity contribution < 1.29 is 24.9 Å². The molecular formula is C6H11NO5. The first-order valence-electron chi connectivity index (χ1n) is 3.56. The van der Waals surface area contributed by atoms with Crippen LogP contribution in [0.1, 0.15) is 0 Å². The van der Waals surface area contributed by atoms with Crippen LogP contribution in [0.4, 0.5) is 4.79 Å². The summed E-state index contributed by atoms with van der Waals surface area (Å²) >= 11 is 0. The molecule has 6 heteroatoms. The third kappa shape index (κ3) is 1.84. The number of carbonyl (C=O) groups is 1. The van der Waals surface area contributed by atoms with Crippen LogP contribution in [0.3, 0.4) is 0 Å². The van der Waals surface area contributed by atoms with Crippen LogP contribution in [0.25, 0.3) is 0 Å². The second-order valence-electron chi connectivity index (χ2n) is 2.57. The maximum atomic E-state index is 10.5. The van der Waals surface area contributed by atoms with Crippen LogP contribution in [0, 0.1) is 0 Å². The average molecular weight is 177 g/mol. The largest absolute Gasteiger partial charge is 0.441 e. The molecule has 1 aliphatic heterocycles. The fraction of sp³-hybridized carbons (Fsp3) is 0.833. The average Bonchev–Trinajstić information content (AvgIpc) is 2.49. The van der Waals surface area contributed by atoms with Crippen LogP contribution in [0.5, 0.6) is 0 Å². The third-order valence-corrected chi connectivity index (χ3v) is 1.67. The van der Waals surface area contributed by atoms with Gasteiger partial charge in [0.15, 0.2) is 0 Å². The highest BCUT2D eigenvalue weighted by molar-refractivity contribution is 5.69. The van der Waals surface area contributed by atoms with Gasteiger partial charge in [-0.1, -0.05) is 0 Å². The van der Waals surface area contributed by atoms with Gasteiger partial charge in [0.25, 0.3) is 0 Å². The smallest absolute Gasteiger partial charge is 0.407 e. The number of hydrogen-bond acceptors (Lipinski definition) is 5. The van der Waals surface area contributed by atoms with Crippen molar-refractivity contribution in [2.45, 2.75) is 18.3 Å². The molecule has 0 aromatic heterocycles. The van der Waals surface area contributed by atoms with Gasteiger partial charge < -0.3 is 25.4 Å². The maximum Gasteiger partial charge on any atom is 0.407 e. The Morgan fingerprint density at radius 2 is 2.33 bits per heavy atom. The van der Waals surface area contributed by atoms with Crippen molar-refractivity contribution in [1.29, 1.82) is 0 Å². The van der Waals surface area contributed by atoms with E-state index in [-0.39, 0.29) is 6.54 Å². The zero-order valence-electron chi connectivity index (χ0n) is 6.30.